The number of hydrogen-bond donors (Lipinski definition) is 1. The zero-order valence-electron chi connectivity index (χ0n) is 9.72. The van der Waals surface area contributed by atoms with Crippen LogP contribution < -0.4 is 0 Å². The molecule has 0 amide bonds. The van der Waals surface area contributed by atoms with E-state index in [1.54, 1.807) is 12.1 Å². The lowest BCUT2D eigenvalue weighted by Crippen LogP contribution is -1.96. The topological polar surface area (TPSA) is 95.1 Å². The van der Waals surface area contributed by atoms with Crippen molar-refractivity contribution in [3.05, 3.63) is 29.8 Å². The van der Waals surface area contributed by atoms with Crippen LogP contribution in [0.2, 0.25) is 0 Å². The molecule has 1 aromatic carbocycles. The van der Waals surface area contributed by atoms with Crippen LogP contribution in [0.15, 0.2) is 29.2 Å². The van der Waals surface area contributed by atoms with E-state index >= 15 is 0 Å². The third-order valence-electron chi connectivity index (χ3n) is 2.15. The lowest BCUT2D eigenvalue weighted by atomic mass is 10.2. The van der Waals surface area contributed by atoms with Crippen molar-refractivity contribution in [2.75, 3.05) is 13.2 Å². The van der Waals surface area contributed by atoms with Crippen molar-refractivity contribution in [2.45, 2.75) is 24.7 Å². The molecule has 1 aliphatic heterocycles. The second-order valence-electron chi connectivity index (χ2n) is 3.61. The van der Waals surface area contributed by atoms with Crippen LogP contribution in [0.4, 0.5) is 0 Å². The van der Waals surface area contributed by atoms with Crippen LogP contribution in [-0.4, -0.2) is 31.7 Å². The smallest absolute Gasteiger partial charge is 0.294 e. The Labute approximate surface area is 101 Å². The predicted octanol–water partition coefficient (Wildman–Crippen LogP) is 1.21. The van der Waals surface area contributed by atoms with Gasteiger partial charge in [-0.15, -0.1) is 0 Å². The van der Waals surface area contributed by atoms with E-state index in [9.17, 15) is 8.42 Å². The summed E-state index contributed by atoms with van der Waals surface area (Å²) in [6.07, 6.45) is 2.56. The minimum Gasteiger partial charge on any atom is -0.412 e. The quantitative estimate of drug-likeness (QED) is 0.769. The maximum atomic E-state index is 10.5. The molecule has 1 heterocycles. The van der Waals surface area contributed by atoms with Gasteiger partial charge in [0.2, 0.25) is 0 Å². The molecule has 3 N–H and O–H groups in total. The first-order chi connectivity index (χ1) is 7.50. The van der Waals surface area contributed by atoms with E-state index < -0.39 is 10.1 Å². The Balaban J connectivity index is 0.000000360. The number of aryl methyl sites for hydroxylation is 1. The van der Waals surface area contributed by atoms with Gasteiger partial charge in [-0.1, -0.05) is 17.7 Å². The summed E-state index contributed by atoms with van der Waals surface area (Å²) in [5.74, 6) is 0. The van der Waals surface area contributed by atoms with Crippen LogP contribution in [0.1, 0.15) is 18.4 Å². The Morgan fingerprint density at radius 3 is 1.88 bits per heavy atom. The Bertz CT molecular complexity index is 398. The van der Waals surface area contributed by atoms with Crippen LogP contribution in [0.3, 0.4) is 0 Å². The second kappa shape index (κ2) is 7.39. The fraction of sp³-hybridized carbons (Fsp3) is 0.455. The van der Waals surface area contributed by atoms with Crippen molar-refractivity contribution in [1.82, 2.24) is 0 Å². The Morgan fingerprint density at radius 2 is 1.59 bits per heavy atom. The normalized spacial score (nSPS) is 14.5. The molecular formula is C11H18O5S. The summed E-state index contributed by atoms with van der Waals surface area (Å²) in [6, 6.07) is 5.99. The molecule has 0 spiro atoms. The van der Waals surface area contributed by atoms with E-state index in [1.807, 2.05) is 6.92 Å². The van der Waals surface area contributed by atoms with Gasteiger partial charge in [0.15, 0.2) is 0 Å². The summed E-state index contributed by atoms with van der Waals surface area (Å²) in [7, 11) is -4.02. The first-order valence-electron chi connectivity index (χ1n) is 5.12. The summed E-state index contributed by atoms with van der Waals surface area (Å²) in [6.45, 7) is 3.84. The fourth-order valence-electron chi connectivity index (χ4n) is 1.22. The minimum atomic E-state index is -4.02. The molecule has 0 unspecified atom stereocenters. The SMILES string of the molecule is C1CCOC1.Cc1ccc(S(=O)(=O)O)cc1.O. The number of rotatable bonds is 1. The highest BCUT2D eigenvalue weighted by Gasteiger charge is 2.06. The molecule has 2 rings (SSSR count). The molecule has 1 saturated heterocycles. The molecule has 1 aromatic rings. The number of benzene rings is 1. The zero-order valence-corrected chi connectivity index (χ0v) is 10.5. The average Bonchev–Trinajstić information content (AvgIpc) is 2.74. The standard InChI is InChI=1S/C7H8O3S.C4H8O.H2O/c1-6-2-4-7(5-3-6)11(8,9)10;1-2-4-5-3-1;/h2-5H,1H3,(H,8,9,10);1-4H2;1H2. The Morgan fingerprint density at radius 1 is 1.12 bits per heavy atom. The number of hydrogen-bond acceptors (Lipinski definition) is 3. The minimum absolute atomic E-state index is 0. The van der Waals surface area contributed by atoms with Gasteiger partial charge >= 0.3 is 0 Å². The van der Waals surface area contributed by atoms with E-state index in [1.165, 1.54) is 25.0 Å². The van der Waals surface area contributed by atoms with Gasteiger partial charge in [0, 0.05) is 13.2 Å². The molecule has 5 nitrogen and oxygen atoms in total. The molecule has 17 heavy (non-hydrogen) atoms. The van der Waals surface area contributed by atoms with Crippen LogP contribution in [0.25, 0.3) is 0 Å². The van der Waals surface area contributed by atoms with Crippen LogP contribution in [0, 0.1) is 6.92 Å². The molecule has 0 bridgehead atoms. The summed E-state index contributed by atoms with van der Waals surface area (Å²) < 4.78 is 34.5. The van der Waals surface area contributed by atoms with Crippen molar-refractivity contribution in [1.29, 1.82) is 0 Å². The van der Waals surface area contributed by atoms with E-state index in [0.717, 1.165) is 18.8 Å². The van der Waals surface area contributed by atoms with Crippen molar-refractivity contribution in [3.8, 4) is 0 Å². The van der Waals surface area contributed by atoms with Crippen molar-refractivity contribution in [3.63, 3.8) is 0 Å². The van der Waals surface area contributed by atoms with Crippen LogP contribution >= 0.6 is 0 Å². The maximum absolute atomic E-state index is 10.5. The highest BCUT2D eigenvalue weighted by atomic mass is 32.2. The lowest BCUT2D eigenvalue weighted by molar-refractivity contribution is 0.198. The summed E-state index contributed by atoms with van der Waals surface area (Å²) >= 11 is 0. The van der Waals surface area contributed by atoms with Gasteiger partial charge in [-0.3, -0.25) is 4.55 Å². The van der Waals surface area contributed by atoms with Gasteiger partial charge in [-0.2, -0.15) is 8.42 Å². The molecule has 0 atom stereocenters. The first kappa shape index (κ1) is 16.1. The summed E-state index contributed by atoms with van der Waals surface area (Å²) in [5, 5.41) is 0. The van der Waals surface area contributed by atoms with Gasteiger partial charge in [0.25, 0.3) is 10.1 Å². The highest BCUT2D eigenvalue weighted by Crippen LogP contribution is 2.08. The Hall–Kier alpha value is -0.950. The first-order valence-corrected chi connectivity index (χ1v) is 6.56. The van der Waals surface area contributed by atoms with Crippen molar-refractivity contribution in [2.24, 2.45) is 0 Å². The predicted molar refractivity (Wildman–Crippen MR) is 64.7 cm³/mol. The molecule has 0 aliphatic carbocycles. The third kappa shape index (κ3) is 6.38. The van der Waals surface area contributed by atoms with Crippen LogP contribution in [0.5, 0.6) is 0 Å². The van der Waals surface area contributed by atoms with E-state index in [2.05, 4.69) is 0 Å². The van der Waals surface area contributed by atoms with Gasteiger partial charge in [0.1, 0.15) is 0 Å². The molecule has 1 aliphatic rings. The largest absolute Gasteiger partial charge is 0.412 e. The average molecular weight is 262 g/mol. The van der Waals surface area contributed by atoms with Crippen molar-refractivity contribution >= 4 is 10.1 Å². The van der Waals surface area contributed by atoms with Gasteiger partial charge < -0.3 is 10.2 Å². The van der Waals surface area contributed by atoms with E-state index in [0.29, 0.717) is 0 Å². The zero-order chi connectivity index (χ0) is 12.0. The monoisotopic (exact) mass is 262 g/mol. The maximum Gasteiger partial charge on any atom is 0.294 e. The molecule has 0 saturated carbocycles. The molecule has 0 radical (unpaired) electrons. The second-order valence-corrected chi connectivity index (χ2v) is 5.03. The molecule has 0 aromatic heterocycles. The van der Waals surface area contributed by atoms with Gasteiger partial charge in [0.05, 0.1) is 4.90 Å². The molecule has 6 heteroatoms. The van der Waals surface area contributed by atoms with Gasteiger partial charge in [-0.25, -0.2) is 0 Å². The Kier molecular flexibility index (Phi) is 6.98. The van der Waals surface area contributed by atoms with Gasteiger partial charge in [-0.05, 0) is 31.9 Å². The molecular weight excluding hydrogens is 244 g/mol. The number of ether oxygens (including phenoxy) is 1. The fourth-order valence-corrected chi connectivity index (χ4v) is 1.70. The van der Waals surface area contributed by atoms with Crippen LogP contribution in [-0.2, 0) is 14.9 Å². The molecule has 1 fully saturated rings. The molecule has 98 valence electrons. The highest BCUT2D eigenvalue weighted by molar-refractivity contribution is 7.85. The van der Waals surface area contributed by atoms with Crippen molar-refractivity contribution < 1.29 is 23.2 Å². The summed E-state index contributed by atoms with van der Waals surface area (Å²) in [4.78, 5) is -0.0666. The summed E-state index contributed by atoms with van der Waals surface area (Å²) in [5.41, 5.74) is 0.956. The lowest BCUT2D eigenvalue weighted by Gasteiger charge is -1.95. The third-order valence-corrected chi connectivity index (χ3v) is 3.01. The van der Waals surface area contributed by atoms with E-state index in [-0.39, 0.29) is 10.4 Å². The van der Waals surface area contributed by atoms with E-state index in [4.69, 9.17) is 9.29 Å².